The lowest BCUT2D eigenvalue weighted by molar-refractivity contribution is 0.0957. The second kappa shape index (κ2) is 8.58. The van der Waals surface area contributed by atoms with Crippen LogP contribution in [-0.4, -0.2) is 33.6 Å². The van der Waals surface area contributed by atoms with Crippen molar-refractivity contribution in [1.82, 2.24) is 4.98 Å². The summed E-state index contributed by atoms with van der Waals surface area (Å²) in [5.41, 5.74) is 13.3. The number of nitrogens with one attached hydrogen (secondary N) is 1. The zero-order valence-corrected chi connectivity index (χ0v) is 20.2. The first-order valence-electron chi connectivity index (χ1n) is 12.1. The van der Waals surface area contributed by atoms with Crippen molar-refractivity contribution in [3.63, 3.8) is 0 Å². The number of aromatic amines is 1. The van der Waals surface area contributed by atoms with Gasteiger partial charge in [0.05, 0.1) is 24.2 Å². The van der Waals surface area contributed by atoms with E-state index in [9.17, 15) is 19.8 Å². The second-order valence-corrected chi connectivity index (χ2v) is 9.40. The van der Waals surface area contributed by atoms with Crippen LogP contribution in [-0.2, 0) is 6.54 Å². The molecule has 4 aromatic carbocycles. The number of anilines is 1. The molecule has 1 atom stereocenters. The maximum atomic E-state index is 13.2. The molecule has 184 valence electrons. The third-order valence-electron chi connectivity index (χ3n) is 7.31. The Bertz CT molecular complexity index is 1740. The highest BCUT2D eigenvalue weighted by Crippen LogP contribution is 2.41. The minimum absolute atomic E-state index is 0.0212. The first kappa shape index (κ1) is 23.0. The molecule has 7 heteroatoms. The lowest BCUT2D eigenvalue weighted by Gasteiger charge is -2.21. The number of fused-ring (bicyclic) bond motifs is 4. The van der Waals surface area contributed by atoms with Crippen LogP contribution in [0.3, 0.4) is 0 Å². The number of hydrogen-bond acceptors (Lipinski definition) is 4. The number of benzene rings is 4. The zero-order valence-electron chi connectivity index (χ0n) is 20.2. The van der Waals surface area contributed by atoms with E-state index >= 15 is 0 Å². The highest BCUT2D eigenvalue weighted by molar-refractivity contribution is 6.20. The Hall–Kier alpha value is -4.46. The van der Waals surface area contributed by atoms with Crippen molar-refractivity contribution in [3.05, 3.63) is 101 Å². The molecular weight excluding hydrogens is 466 g/mol. The summed E-state index contributed by atoms with van der Waals surface area (Å²) in [5, 5.41) is 21.2. The monoisotopic (exact) mass is 491 g/mol. The molecule has 1 aliphatic heterocycles. The molecule has 5 N–H and O–H groups in total. The number of aliphatic hydroxyl groups is 2. The van der Waals surface area contributed by atoms with Gasteiger partial charge in [0.15, 0.2) is 0 Å². The van der Waals surface area contributed by atoms with Crippen molar-refractivity contribution >= 4 is 39.3 Å². The van der Waals surface area contributed by atoms with Crippen LogP contribution in [0.1, 0.15) is 43.5 Å². The lowest BCUT2D eigenvalue weighted by atomic mass is 9.93. The molecule has 0 aliphatic carbocycles. The van der Waals surface area contributed by atoms with Gasteiger partial charge >= 0.3 is 0 Å². The average Bonchev–Trinajstić information content (AvgIpc) is 3.45. The Morgan fingerprint density at radius 1 is 1.03 bits per heavy atom. The molecule has 2 amide bonds. The number of carbonyl (C=O) groups excluding carboxylic acids is 2. The van der Waals surface area contributed by atoms with E-state index in [0.717, 1.165) is 44.3 Å². The van der Waals surface area contributed by atoms with Crippen molar-refractivity contribution < 1.29 is 19.8 Å². The Labute approximate surface area is 212 Å². The summed E-state index contributed by atoms with van der Waals surface area (Å²) in [6.07, 6.45) is -1.01. The highest BCUT2D eigenvalue weighted by Gasteiger charge is 2.29. The van der Waals surface area contributed by atoms with E-state index in [2.05, 4.69) is 4.98 Å². The Morgan fingerprint density at radius 2 is 1.81 bits per heavy atom. The first-order chi connectivity index (χ1) is 17.9. The van der Waals surface area contributed by atoms with Gasteiger partial charge in [-0.1, -0.05) is 48.5 Å². The number of primary amides is 1. The number of hydrogen-bond donors (Lipinski definition) is 4. The van der Waals surface area contributed by atoms with E-state index < -0.39 is 18.6 Å². The van der Waals surface area contributed by atoms with E-state index in [4.69, 9.17) is 5.73 Å². The molecule has 37 heavy (non-hydrogen) atoms. The third kappa shape index (κ3) is 3.51. The summed E-state index contributed by atoms with van der Waals surface area (Å²) >= 11 is 0. The van der Waals surface area contributed by atoms with Crippen LogP contribution in [0.15, 0.2) is 72.8 Å². The van der Waals surface area contributed by atoms with Gasteiger partial charge in [-0.2, -0.15) is 0 Å². The Morgan fingerprint density at radius 3 is 2.57 bits per heavy atom. The van der Waals surface area contributed by atoms with Crippen molar-refractivity contribution in [3.8, 4) is 11.1 Å². The number of nitrogens with zero attached hydrogens (tertiary/aromatic N) is 1. The number of aliphatic hydroxyl groups excluding tert-OH is 2. The van der Waals surface area contributed by atoms with Gasteiger partial charge in [0.2, 0.25) is 0 Å². The smallest absolute Gasteiger partial charge is 0.258 e. The summed E-state index contributed by atoms with van der Waals surface area (Å²) in [7, 11) is 0. The summed E-state index contributed by atoms with van der Waals surface area (Å²) < 4.78 is 0. The number of carbonyl (C=O) groups is 2. The summed E-state index contributed by atoms with van der Waals surface area (Å²) in [6.45, 7) is 2.12. The van der Waals surface area contributed by atoms with Crippen molar-refractivity contribution in [2.75, 3.05) is 11.5 Å². The molecule has 7 nitrogen and oxygen atoms in total. The van der Waals surface area contributed by atoms with Crippen molar-refractivity contribution in [2.45, 2.75) is 19.6 Å². The first-order valence-corrected chi connectivity index (χ1v) is 12.1. The Balaban J connectivity index is 1.56. The summed E-state index contributed by atoms with van der Waals surface area (Å²) in [4.78, 5) is 30.6. The van der Waals surface area contributed by atoms with Gasteiger partial charge in [-0.25, -0.2) is 0 Å². The van der Waals surface area contributed by atoms with Gasteiger partial charge in [0.25, 0.3) is 11.8 Å². The fourth-order valence-corrected chi connectivity index (χ4v) is 5.43. The summed E-state index contributed by atoms with van der Waals surface area (Å²) in [5.74, 6) is -0.572. The molecule has 1 unspecified atom stereocenters. The average molecular weight is 492 g/mol. The van der Waals surface area contributed by atoms with Crippen LogP contribution >= 0.6 is 0 Å². The molecule has 0 saturated heterocycles. The molecule has 0 saturated carbocycles. The number of H-pyrrole nitrogens is 1. The zero-order chi connectivity index (χ0) is 25.8. The number of rotatable bonds is 5. The molecule has 0 fully saturated rings. The number of amides is 2. The van der Waals surface area contributed by atoms with Gasteiger partial charge in [0.1, 0.15) is 6.10 Å². The minimum Gasteiger partial charge on any atom is -0.393 e. The van der Waals surface area contributed by atoms with Crippen LogP contribution in [0.2, 0.25) is 0 Å². The molecular formula is C30H25N3O4. The van der Waals surface area contributed by atoms with Crippen LogP contribution < -0.4 is 10.6 Å². The molecule has 2 heterocycles. The van der Waals surface area contributed by atoms with Gasteiger partial charge in [-0.05, 0) is 59.0 Å². The van der Waals surface area contributed by atoms with Crippen molar-refractivity contribution in [2.24, 2.45) is 5.73 Å². The van der Waals surface area contributed by atoms with E-state index in [1.54, 1.807) is 23.1 Å². The maximum Gasteiger partial charge on any atom is 0.258 e. The quantitative estimate of drug-likeness (QED) is 0.288. The largest absolute Gasteiger partial charge is 0.393 e. The molecule has 0 spiro atoms. The van der Waals surface area contributed by atoms with E-state index in [-0.39, 0.29) is 5.91 Å². The molecule has 6 rings (SSSR count). The van der Waals surface area contributed by atoms with Crippen LogP contribution in [0.4, 0.5) is 5.69 Å². The topological polar surface area (TPSA) is 120 Å². The van der Waals surface area contributed by atoms with E-state index in [1.807, 2.05) is 61.5 Å². The Kier molecular flexibility index (Phi) is 5.33. The van der Waals surface area contributed by atoms with Gasteiger partial charge in [0, 0.05) is 27.5 Å². The van der Waals surface area contributed by atoms with E-state index in [0.29, 0.717) is 28.7 Å². The van der Waals surface area contributed by atoms with Gasteiger partial charge in [-0.3, -0.25) is 9.59 Å². The molecule has 1 aromatic heterocycles. The predicted octanol–water partition coefficient (Wildman–Crippen LogP) is 4.58. The standard InChI is InChI=1S/C30H25N3O4/c1-16-19(7-4-8-25(16)33-14-18-5-2-3-6-20(18)30(33)37)21-11-12-23(29(31)36)28-27(21)22-10-9-17(26(35)15-34)13-24(22)32-28/h2-13,26,32,34-35H,14-15H2,1H3,(H2,31,36). The fraction of sp³-hybridized carbons (Fsp3) is 0.133. The normalized spacial score (nSPS) is 13.9. The van der Waals surface area contributed by atoms with Crippen LogP contribution in [0.25, 0.3) is 32.9 Å². The molecule has 0 radical (unpaired) electrons. The van der Waals surface area contributed by atoms with E-state index in [1.165, 1.54) is 0 Å². The van der Waals surface area contributed by atoms with Gasteiger partial charge < -0.3 is 25.8 Å². The van der Waals surface area contributed by atoms with Crippen LogP contribution in [0.5, 0.6) is 0 Å². The number of nitrogens with two attached hydrogens (primary N) is 1. The lowest BCUT2D eigenvalue weighted by Crippen LogP contribution is -2.24. The highest BCUT2D eigenvalue weighted by atomic mass is 16.3. The summed E-state index contributed by atoms with van der Waals surface area (Å²) in [6, 6.07) is 22.6. The number of aromatic nitrogens is 1. The van der Waals surface area contributed by atoms with Gasteiger partial charge in [-0.15, -0.1) is 0 Å². The minimum atomic E-state index is -1.01. The molecule has 0 bridgehead atoms. The fourth-order valence-electron chi connectivity index (χ4n) is 5.43. The predicted molar refractivity (Wildman–Crippen MR) is 143 cm³/mol. The second-order valence-electron chi connectivity index (χ2n) is 9.40. The van der Waals surface area contributed by atoms with Crippen LogP contribution in [0, 0.1) is 6.92 Å². The molecule has 5 aromatic rings. The maximum absolute atomic E-state index is 13.2. The SMILES string of the molecule is Cc1c(-c2ccc(C(N)=O)c3[nH]c4cc(C(O)CO)ccc4c23)cccc1N1Cc2ccccc2C1=O. The molecule has 1 aliphatic rings. The third-order valence-corrected chi connectivity index (χ3v) is 7.31. The van der Waals surface area contributed by atoms with Crippen molar-refractivity contribution in [1.29, 1.82) is 0 Å².